The molecule has 0 saturated carbocycles. The Bertz CT molecular complexity index is 508. The number of hydrogen-bond acceptors (Lipinski definition) is 2. The van der Waals surface area contributed by atoms with Gasteiger partial charge in [0.1, 0.15) is 4.60 Å². The topological polar surface area (TPSA) is 30.0 Å². The first-order chi connectivity index (χ1) is 6.68. The molecule has 70 valence electrons. The molecule has 2 rings (SSSR count). The lowest BCUT2D eigenvalue weighted by molar-refractivity contribution is 0.101. The standard InChI is InChI=1S/C11H8BrNO/c1-7(14)9-6-11(12)13-10-5-3-2-4-8(9)10/h2-6H,1H3. The van der Waals surface area contributed by atoms with E-state index in [-0.39, 0.29) is 5.78 Å². The minimum Gasteiger partial charge on any atom is -0.294 e. The number of carbonyl (C=O) groups is 1. The molecular weight excluding hydrogens is 242 g/mol. The molecule has 3 heteroatoms. The molecule has 0 aliphatic heterocycles. The Labute approximate surface area is 90.1 Å². The van der Waals surface area contributed by atoms with Crippen LogP contribution >= 0.6 is 15.9 Å². The van der Waals surface area contributed by atoms with E-state index in [1.165, 1.54) is 0 Å². The molecule has 0 spiro atoms. The first-order valence-electron chi connectivity index (χ1n) is 4.25. The van der Waals surface area contributed by atoms with Crippen LogP contribution in [0.4, 0.5) is 0 Å². The van der Waals surface area contributed by atoms with E-state index in [0.717, 1.165) is 10.9 Å². The van der Waals surface area contributed by atoms with Crippen molar-refractivity contribution in [1.29, 1.82) is 0 Å². The summed E-state index contributed by atoms with van der Waals surface area (Å²) in [5.41, 5.74) is 1.55. The Morgan fingerprint density at radius 2 is 2.07 bits per heavy atom. The van der Waals surface area contributed by atoms with Crippen LogP contribution in [0.5, 0.6) is 0 Å². The van der Waals surface area contributed by atoms with Gasteiger partial charge in [-0.15, -0.1) is 0 Å². The molecule has 0 aliphatic carbocycles. The molecule has 0 unspecified atom stereocenters. The normalized spacial score (nSPS) is 10.4. The van der Waals surface area contributed by atoms with Gasteiger partial charge in [0.15, 0.2) is 5.78 Å². The smallest absolute Gasteiger partial charge is 0.160 e. The zero-order chi connectivity index (χ0) is 10.1. The van der Waals surface area contributed by atoms with Crippen molar-refractivity contribution in [1.82, 2.24) is 4.98 Å². The lowest BCUT2D eigenvalue weighted by atomic mass is 10.1. The second-order valence-corrected chi connectivity index (χ2v) is 3.88. The third-order valence-electron chi connectivity index (χ3n) is 2.06. The van der Waals surface area contributed by atoms with Crippen LogP contribution in [0, 0.1) is 0 Å². The summed E-state index contributed by atoms with van der Waals surface area (Å²) >= 11 is 3.29. The highest BCUT2D eigenvalue weighted by molar-refractivity contribution is 9.10. The van der Waals surface area contributed by atoms with E-state index in [1.54, 1.807) is 13.0 Å². The van der Waals surface area contributed by atoms with Gasteiger partial charge in [-0.2, -0.15) is 0 Å². The number of para-hydroxylation sites is 1. The van der Waals surface area contributed by atoms with Crippen LogP contribution in [-0.4, -0.2) is 10.8 Å². The van der Waals surface area contributed by atoms with Crippen molar-refractivity contribution in [2.75, 3.05) is 0 Å². The Hall–Kier alpha value is -1.22. The van der Waals surface area contributed by atoms with Crippen LogP contribution in [0.25, 0.3) is 10.9 Å². The van der Waals surface area contributed by atoms with Crippen molar-refractivity contribution in [3.05, 3.63) is 40.5 Å². The maximum Gasteiger partial charge on any atom is 0.160 e. The minimum absolute atomic E-state index is 0.0595. The fourth-order valence-electron chi connectivity index (χ4n) is 1.43. The zero-order valence-electron chi connectivity index (χ0n) is 7.62. The lowest BCUT2D eigenvalue weighted by Crippen LogP contribution is -1.95. The molecular formula is C11H8BrNO. The Morgan fingerprint density at radius 1 is 1.36 bits per heavy atom. The molecule has 0 atom stereocenters. The van der Waals surface area contributed by atoms with E-state index in [2.05, 4.69) is 20.9 Å². The predicted molar refractivity (Wildman–Crippen MR) is 59.4 cm³/mol. The van der Waals surface area contributed by atoms with Crippen LogP contribution < -0.4 is 0 Å². The number of ketones is 1. The molecule has 1 aromatic carbocycles. The maximum absolute atomic E-state index is 11.4. The van der Waals surface area contributed by atoms with E-state index >= 15 is 0 Å². The van der Waals surface area contributed by atoms with Gasteiger partial charge in [-0.1, -0.05) is 18.2 Å². The van der Waals surface area contributed by atoms with Crippen LogP contribution in [0.1, 0.15) is 17.3 Å². The predicted octanol–water partition coefficient (Wildman–Crippen LogP) is 3.20. The molecule has 2 aromatic rings. The number of halogens is 1. The summed E-state index contributed by atoms with van der Waals surface area (Å²) in [7, 11) is 0. The van der Waals surface area contributed by atoms with Crippen molar-refractivity contribution in [3.8, 4) is 0 Å². The van der Waals surface area contributed by atoms with Gasteiger partial charge in [-0.25, -0.2) is 4.98 Å². The van der Waals surface area contributed by atoms with Crippen molar-refractivity contribution >= 4 is 32.6 Å². The van der Waals surface area contributed by atoms with E-state index in [0.29, 0.717) is 10.2 Å². The quantitative estimate of drug-likeness (QED) is 0.574. The van der Waals surface area contributed by atoms with E-state index in [1.807, 2.05) is 24.3 Å². The molecule has 0 amide bonds. The summed E-state index contributed by atoms with van der Waals surface area (Å²) in [6, 6.07) is 9.37. The maximum atomic E-state index is 11.4. The minimum atomic E-state index is 0.0595. The van der Waals surface area contributed by atoms with E-state index < -0.39 is 0 Å². The highest BCUT2D eigenvalue weighted by Crippen LogP contribution is 2.21. The molecule has 0 N–H and O–H groups in total. The number of nitrogens with zero attached hydrogens (tertiary/aromatic N) is 1. The molecule has 0 saturated heterocycles. The van der Waals surface area contributed by atoms with Crippen LogP contribution in [0.3, 0.4) is 0 Å². The van der Waals surface area contributed by atoms with Gasteiger partial charge in [0, 0.05) is 10.9 Å². The van der Waals surface area contributed by atoms with Gasteiger partial charge in [-0.05, 0) is 35.0 Å². The van der Waals surface area contributed by atoms with Crippen molar-refractivity contribution in [2.24, 2.45) is 0 Å². The molecule has 0 aliphatic rings. The number of aromatic nitrogens is 1. The van der Waals surface area contributed by atoms with Gasteiger partial charge in [0.05, 0.1) is 5.52 Å². The number of rotatable bonds is 1. The number of Topliss-reactive ketones (excluding diaryl/α,β-unsaturated/α-hetero) is 1. The van der Waals surface area contributed by atoms with Crippen LogP contribution in [0.2, 0.25) is 0 Å². The number of hydrogen-bond donors (Lipinski definition) is 0. The second-order valence-electron chi connectivity index (χ2n) is 3.07. The van der Waals surface area contributed by atoms with Gasteiger partial charge >= 0.3 is 0 Å². The van der Waals surface area contributed by atoms with Crippen molar-refractivity contribution in [2.45, 2.75) is 6.92 Å². The average molecular weight is 250 g/mol. The summed E-state index contributed by atoms with van der Waals surface area (Å²) < 4.78 is 0.696. The fourth-order valence-corrected chi connectivity index (χ4v) is 1.85. The number of fused-ring (bicyclic) bond motifs is 1. The molecule has 14 heavy (non-hydrogen) atoms. The number of carbonyl (C=O) groups excluding carboxylic acids is 1. The number of pyridine rings is 1. The average Bonchev–Trinajstić information content (AvgIpc) is 2.16. The van der Waals surface area contributed by atoms with Gasteiger partial charge < -0.3 is 0 Å². The molecule has 0 fully saturated rings. The van der Waals surface area contributed by atoms with E-state index in [9.17, 15) is 4.79 Å². The van der Waals surface area contributed by atoms with Crippen molar-refractivity contribution < 1.29 is 4.79 Å². The summed E-state index contributed by atoms with van der Waals surface area (Å²) in [4.78, 5) is 15.6. The Balaban J connectivity index is 2.87. The first-order valence-corrected chi connectivity index (χ1v) is 5.04. The third-order valence-corrected chi connectivity index (χ3v) is 2.47. The van der Waals surface area contributed by atoms with E-state index in [4.69, 9.17) is 0 Å². The highest BCUT2D eigenvalue weighted by Gasteiger charge is 2.07. The zero-order valence-corrected chi connectivity index (χ0v) is 9.21. The first kappa shape index (κ1) is 9.34. The third kappa shape index (κ3) is 1.55. The monoisotopic (exact) mass is 249 g/mol. The van der Waals surface area contributed by atoms with Crippen LogP contribution in [-0.2, 0) is 0 Å². The van der Waals surface area contributed by atoms with Crippen molar-refractivity contribution in [3.63, 3.8) is 0 Å². The summed E-state index contributed by atoms with van der Waals surface area (Å²) in [6.07, 6.45) is 0. The van der Waals surface area contributed by atoms with Crippen LogP contribution in [0.15, 0.2) is 34.9 Å². The highest BCUT2D eigenvalue weighted by atomic mass is 79.9. The SMILES string of the molecule is CC(=O)c1cc(Br)nc2ccccc12. The second kappa shape index (κ2) is 3.50. The molecule has 0 bridgehead atoms. The lowest BCUT2D eigenvalue weighted by Gasteiger charge is -2.03. The van der Waals surface area contributed by atoms with Gasteiger partial charge in [0.25, 0.3) is 0 Å². The largest absolute Gasteiger partial charge is 0.294 e. The van der Waals surface area contributed by atoms with Gasteiger partial charge in [-0.3, -0.25) is 4.79 Å². The summed E-state index contributed by atoms with van der Waals surface area (Å²) in [6.45, 7) is 1.56. The fraction of sp³-hybridized carbons (Fsp3) is 0.0909. The molecule has 1 aromatic heterocycles. The number of benzene rings is 1. The molecule has 2 nitrogen and oxygen atoms in total. The van der Waals surface area contributed by atoms with Gasteiger partial charge in [0.2, 0.25) is 0 Å². The molecule has 0 radical (unpaired) electrons. The summed E-state index contributed by atoms with van der Waals surface area (Å²) in [5, 5.41) is 0.906. The summed E-state index contributed by atoms with van der Waals surface area (Å²) in [5.74, 6) is 0.0595. The Morgan fingerprint density at radius 3 is 2.79 bits per heavy atom. The molecule has 1 heterocycles. The Kier molecular flexibility index (Phi) is 2.33.